The Morgan fingerprint density at radius 3 is 2.69 bits per heavy atom. The van der Waals surface area contributed by atoms with Crippen LogP contribution in [-0.4, -0.2) is 70.2 Å². The molecular formula is C22H29N5O2. The molecule has 2 aromatic rings. The van der Waals surface area contributed by atoms with E-state index in [0.717, 1.165) is 37.2 Å². The van der Waals surface area contributed by atoms with Gasteiger partial charge < -0.3 is 10.2 Å². The Labute approximate surface area is 171 Å². The molecule has 1 saturated heterocycles. The Hall–Kier alpha value is -2.67. The van der Waals surface area contributed by atoms with E-state index in [0.29, 0.717) is 19.6 Å². The molecule has 1 atom stereocenters. The summed E-state index contributed by atoms with van der Waals surface area (Å²) in [4.78, 5) is 29.4. The fourth-order valence-electron chi connectivity index (χ4n) is 4.51. The van der Waals surface area contributed by atoms with E-state index in [-0.39, 0.29) is 24.3 Å². The molecule has 0 saturated carbocycles. The first-order valence-electron chi connectivity index (χ1n) is 10.5. The second-order valence-corrected chi connectivity index (χ2v) is 7.78. The summed E-state index contributed by atoms with van der Waals surface area (Å²) in [5.74, 6) is 0.0349. The van der Waals surface area contributed by atoms with Crippen LogP contribution >= 0.6 is 0 Å². The Morgan fingerprint density at radius 1 is 1.17 bits per heavy atom. The van der Waals surface area contributed by atoms with Crippen molar-refractivity contribution in [2.45, 2.75) is 32.2 Å². The molecule has 1 fully saturated rings. The van der Waals surface area contributed by atoms with Gasteiger partial charge in [-0.25, -0.2) is 0 Å². The zero-order valence-corrected chi connectivity index (χ0v) is 17.2. The molecule has 0 radical (unpaired) electrons. The number of hydrogen-bond donors (Lipinski definition) is 1. The van der Waals surface area contributed by atoms with Gasteiger partial charge in [-0.15, -0.1) is 0 Å². The van der Waals surface area contributed by atoms with Gasteiger partial charge in [0.05, 0.1) is 18.2 Å². The van der Waals surface area contributed by atoms with Crippen LogP contribution in [0.15, 0.2) is 30.3 Å². The maximum Gasteiger partial charge on any atom is 0.237 e. The quantitative estimate of drug-likeness (QED) is 0.845. The predicted molar refractivity (Wildman–Crippen MR) is 111 cm³/mol. The minimum atomic E-state index is -0.353. The van der Waals surface area contributed by atoms with Crippen LogP contribution in [0.5, 0.6) is 0 Å². The molecule has 29 heavy (non-hydrogen) atoms. The monoisotopic (exact) mass is 395 g/mol. The van der Waals surface area contributed by atoms with Gasteiger partial charge >= 0.3 is 0 Å². The zero-order chi connectivity index (χ0) is 20.4. The van der Waals surface area contributed by atoms with Crippen molar-refractivity contribution in [2.24, 2.45) is 7.05 Å². The summed E-state index contributed by atoms with van der Waals surface area (Å²) >= 11 is 0. The number of hydrogen-bond acceptors (Lipinski definition) is 4. The summed E-state index contributed by atoms with van der Waals surface area (Å²) in [6.45, 7) is 5.61. The third kappa shape index (κ3) is 3.92. The molecule has 2 amide bonds. The molecule has 2 aliphatic rings. The van der Waals surface area contributed by atoms with E-state index >= 15 is 0 Å². The van der Waals surface area contributed by atoms with Crippen LogP contribution in [0, 0.1) is 0 Å². The third-order valence-electron chi connectivity index (χ3n) is 6.14. The van der Waals surface area contributed by atoms with Crippen LogP contribution in [0.2, 0.25) is 0 Å². The standard InChI is InChI=1S/C22H29N5O2/c1-3-26-14-11-23-22(29)19(26)15-20(28)27-12-9-17-18(10-13-27)25(2)24-21(17)16-7-5-4-6-8-16/h4-8,19H,3,9-15H2,1-2H3,(H,23,29). The normalized spacial score (nSPS) is 20.1. The Bertz CT molecular complexity index is 892. The van der Waals surface area contributed by atoms with Gasteiger partial charge in [0.15, 0.2) is 0 Å². The summed E-state index contributed by atoms with van der Waals surface area (Å²) in [5.41, 5.74) is 4.56. The smallest absolute Gasteiger partial charge is 0.237 e. The number of carbonyl (C=O) groups is 2. The average Bonchev–Trinajstić information content (AvgIpc) is 2.90. The van der Waals surface area contributed by atoms with Crippen molar-refractivity contribution in [3.63, 3.8) is 0 Å². The van der Waals surface area contributed by atoms with Crippen LogP contribution in [-0.2, 0) is 29.5 Å². The van der Waals surface area contributed by atoms with Gasteiger partial charge in [0.2, 0.25) is 11.8 Å². The van der Waals surface area contributed by atoms with Crippen molar-refractivity contribution < 1.29 is 9.59 Å². The Kier molecular flexibility index (Phi) is 5.67. The molecule has 1 aromatic carbocycles. The second kappa shape index (κ2) is 8.37. The maximum atomic E-state index is 13.0. The van der Waals surface area contributed by atoms with Gasteiger partial charge in [0.1, 0.15) is 0 Å². The Balaban J connectivity index is 1.48. The molecule has 1 unspecified atom stereocenters. The fourth-order valence-corrected chi connectivity index (χ4v) is 4.51. The molecule has 0 spiro atoms. The lowest BCUT2D eigenvalue weighted by Crippen LogP contribution is -2.56. The first-order chi connectivity index (χ1) is 14.1. The molecule has 2 aliphatic heterocycles. The lowest BCUT2D eigenvalue weighted by Gasteiger charge is -2.34. The summed E-state index contributed by atoms with van der Waals surface area (Å²) < 4.78 is 1.96. The number of rotatable bonds is 4. The molecule has 3 heterocycles. The van der Waals surface area contributed by atoms with Crippen molar-refractivity contribution in [3.8, 4) is 11.3 Å². The minimum Gasteiger partial charge on any atom is -0.353 e. The summed E-state index contributed by atoms with van der Waals surface area (Å²) in [6, 6.07) is 9.87. The summed E-state index contributed by atoms with van der Waals surface area (Å²) in [6.07, 6.45) is 1.82. The summed E-state index contributed by atoms with van der Waals surface area (Å²) in [5, 5.41) is 7.65. The number of likely N-dealkylation sites (N-methyl/N-ethyl adjacent to an activating group) is 1. The largest absolute Gasteiger partial charge is 0.353 e. The van der Waals surface area contributed by atoms with Crippen molar-refractivity contribution in [3.05, 3.63) is 41.6 Å². The summed E-state index contributed by atoms with van der Waals surface area (Å²) in [7, 11) is 1.98. The zero-order valence-electron chi connectivity index (χ0n) is 17.2. The lowest BCUT2D eigenvalue weighted by molar-refractivity contribution is -0.138. The van der Waals surface area contributed by atoms with Crippen molar-refractivity contribution in [1.82, 2.24) is 24.9 Å². The number of carbonyl (C=O) groups excluding carboxylic acids is 2. The second-order valence-electron chi connectivity index (χ2n) is 7.78. The van der Waals surface area contributed by atoms with Gasteiger partial charge in [0, 0.05) is 56.5 Å². The third-order valence-corrected chi connectivity index (χ3v) is 6.14. The Morgan fingerprint density at radius 2 is 1.93 bits per heavy atom. The van der Waals surface area contributed by atoms with Crippen molar-refractivity contribution >= 4 is 11.8 Å². The van der Waals surface area contributed by atoms with E-state index in [2.05, 4.69) is 22.3 Å². The molecule has 4 rings (SSSR count). The number of piperazine rings is 1. The molecule has 7 nitrogen and oxygen atoms in total. The first-order valence-corrected chi connectivity index (χ1v) is 10.5. The fraction of sp³-hybridized carbons (Fsp3) is 0.500. The number of amides is 2. The van der Waals surface area contributed by atoms with Gasteiger partial charge in [-0.2, -0.15) is 5.10 Å². The van der Waals surface area contributed by atoms with Crippen molar-refractivity contribution in [1.29, 1.82) is 0 Å². The highest BCUT2D eigenvalue weighted by molar-refractivity contribution is 5.89. The highest BCUT2D eigenvalue weighted by Gasteiger charge is 2.33. The number of nitrogens with zero attached hydrogens (tertiary/aromatic N) is 4. The molecule has 1 aromatic heterocycles. The van der Waals surface area contributed by atoms with Gasteiger partial charge in [-0.1, -0.05) is 37.3 Å². The number of nitrogens with one attached hydrogen (secondary N) is 1. The number of aromatic nitrogens is 2. The molecule has 154 valence electrons. The van der Waals surface area contributed by atoms with E-state index in [4.69, 9.17) is 5.10 Å². The SMILES string of the molecule is CCN1CCNC(=O)C1CC(=O)N1CCc2c(-c3ccccc3)nn(C)c2CC1. The van der Waals surface area contributed by atoms with Crippen LogP contribution in [0.4, 0.5) is 0 Å². The number of benzene rings is 1. The highest BCUT2D eigenvalue weighted by atomic mass is 16.2. The highest BCUT2D eigenvalue weighted by Crippen LogP contribution is 2.28. The molecular weight excluding hydrogens is 366 g/mol. The first kappa shape index (κ1) is 19.6. The lowest BCUT2D eigenvalue weighted by atomic mass is 10.0. The van der Waals surface area contributed by atoms with E-state index in [1.807, 2.05) is 41.8 Å². The molecule has 0 bridgehead atoms. The molecule has 1 N–H and O–H groups in total. The topological polar surface area (TPSA) is 70.5 Å². The minimum absolute atomic E-state index is 0.0277. The van der Waals surface area contributed by atoms with E-state index in [1.54, 1.807) is 0 Å². The van der Waals surface area contributed by atoms with E-state index < -0.39 is 0 Å². The molecule has 7 heteroatoms. The van der Waals surface area contributed by atoms with Crippen LogP contribution < -0.4 is 5.32 Å². The number of fused-ring (bicyclic) bond motifs is 1. The average molecular weight is 396 g/mol. The van der Waals surface area contributed by atoms with Gasteiger partial charge in [0.25, 0.3) is 0 Å². The van der Waals surface area contributed by atoms with Crippen molar-refractivity contribution in [2.75, 3.05) is 32.7 Å². The van der Waals surface area contributed by atoms with Crippen LogP contribution in [0.1, 0.15) is 24.6 Å². The van der Waals surface area contributed by atoms with Gasteiger partial charge in [-0.05, 0) is 13.0 Å². The predicted octanol–water partition coefficient (Wildman–Crippen LogP) is 1.22. The maximum absolute atomic E-state index is 13.0. The van der Waals surface area contributed by atoms with E-state index in [1.165, 1.54) is 11.3 Å². The molecule has 0 aliphatic carbocycles. The van der Waals surface area contributed by atoms with Crippen LogP contribution in [0.3, 0.4) is 0 Å². The number of aryl methyl sites for hydroxylation is 1. The van der Waals surface area contributed by atoms with Gasteiger partial charge in [-0.3, -0.25) is 19.2 Å². The van der Waals surface area contributed by atoms with Crippen LogP contribution in [0.25, 0.3) is 11.3 Å². The van der Waals surface area contributed by atoms with E-state index in [9.17, 15) is 9.59 Å².